The van der Waals surface area contributed by atoms with Crippen molar-refractivity contribution in [1.29, 1.82) is 0 Å². The second-order valence-electron chi connectivity index (χ2n) is 32.0. The summed E-state index contributed by atoms with van der Waals surface area (Å²) in [4.78, 5) is 87.1. The Bertz CT molecular complexity index is 3130. The molecule has 6 aliphatic heterocycles. The molecule has 3 unspecified atom stereocenters. The number of allylic oxidation sites excluding steroid dienone is 8. The van der Waals surface area contributed by atoms with Crippen molar-refractivity contribution in [3.8, 4) is 0 Å². The first-order valence-corrected chi connectivity index (χ1v) is 54.3. The van der Waals surface area contributed by atoms with Crippen LogP contribution in [-0.2, 0) is 90.4 Å². The Morgan fingerprint density at radius 2 is 1.05 bits per heavy atom. The van der Waals surface area contributed by atoms with E-state index in [2.05, 4.69) is 98.8 Å². The van der Waals surface area contributed by atoms with Crippen LogP contribution in [-0.4, -0.2) is 192 Å². The molecular weight excluding hydrogens is 1730 g/mol. The smallest absolute Gasteiger partial charge is 0.313 e. The lowest BCUT2D eigenvalue weighted by molar-refractivity contribution is -0.300. The molecule has 7 aliphatic rings. The molecule has 0 amide bonds. The molecular formula is C116H220O21. The lowest BCUT2D eigenvalue weighted by Gasteiger charge is -2.48. The first kappa shape index (κ1) is 152. The average molecular weight is 1950 g/mol. The zero-order chi connectivity index (χ0) is 108. The average Bonchev–Trinajstić information content (AvgIpc) is 1.65. The van der Waals surface area contributed by atoms with Crippen LogP contribution in [0, 0.1) is 65.1 Å². The number of rotatable bonds is 18. The van der Waals surface area contributed by atoms with Gasteiger partial charge in [0.15, 0.2) is 17.4 Å². The fourth-order valence-corrected chi connectivity index (χ4v) is 16.0. The summed E-state index contributed by atoms with van der Waals surface area (Å²) < 4.78 is 72.4. The van der Waals surface area contributed by atoms with Crippen molar-refractivity contribution in [2.24, 2.45) is 65.1 Å². The van der Waals surface area contributed by atoms with Crippen LogP contribution in [0.4, 0.5) is 0 Å². The van der Waals surface area contributed by atoms with Gasteiger partial charge in [-0.3, -0.25) is 24.0 Å². The zero-order valence-corrected chi connectivity index (χ0v) is 96.9. The molecule has 0 saturated carbocycles. The Hall–Kier alpha value is -5.69. The van der Waals surface area contributed by atoms with Crippen LogP contribution < -0.4 is 0 Å². The van der Waals surface area contributed by atoms with E-state index in [9.17, 15) is 43.8 Å². The number of fused-ring (bicyclic) bond motifs is 2. The summed E-state index contributed by atoms with van der Waals surface area (Å²) in [7, 11) is 4.73. The summed E-state index contributed by atoms with van der Waals surface area (Å²) in [6, 6.07) is 0. The summed E-state index contributed by atoms with van der Waals surface area (Å²) >= 11 is 0. The van der Waals surface area contributed by atoms with E-state index in [1.165, 1.54) is 31.6 Å². The second-order valence-corrected chi connectivity index (χ2v) is 32.0. The largest absolute Gasteiger partial charge is 0.462 e. The minimum absolute atomic E-state index is 0.0315. The zero-order valence-electron chi connectivity index (χ0n) is 96.9. The summed E-state index contributed by atoms with van der Waals surface area (Å²) in [6.07, 6.45) is 30.6. The Morgan fingerprint density at radius 3 is 1.54 bits per heavy atom. The molecule has 6 heterocycles. The summed E-state index contributed by atoms with van der Waals surface area (Å²) in [5, 5.41) is 21.6. The van der Waals surface area contributed by atoms with Gasteiger partial charge in [0.05, 0.1) is 80.8 Å². The number of aliphatic hydroxyl groups is 2. The number of aldehydes is 2. The predicted molar refractivity (Wildman–Crippen MR) is 578 cm³/mol. The highest BCUT2D eigenvalue weighted by Crippen LogP contribution is 2.46. The Labute approximate surface area is 844 Å². The normalized spacial score (nSPS) is 31.2. The molecule has 1 aliphatic carbocycles. The van der Waals surface area contributed by atoms with Crippen LogP contribution in [0.15, 0.2) is 107 Å². The maximum Gasteiger partial charge on any atom is 0.313 e. The van der Waals surface area contributed by atoms with Gasteiger partial charge in [-0.1, -0.05) is 348 Å². The molecule has 2 bridgehead atoms. The Morgan fingerprint density at radius 1 is 0.533 bits per heavy atom. The van der Waals surface area contributed by atoms with Gasteiger partial charge in [0.25, 0.3) is 0 Å². The van der Waals surface area contributed by atoms with Crippen LogP contribution in [0.2, 0.25) is 0 Å². The van der Waals surface area contributed by atoms with E-state index in [-0.39, 0.29) is 133 Å². The summed E-state index contributed by atoms with van der Waals surface area (Å²) in [5.74, 6) is -3.90. The number of ether oxygens (including phenoxy) is 12. The molecule has 0 radical (unpaired) electrons. The second kappa shape index (κ2) is 100. The number of methoxy groups -OCH3 is 3. The fourth-order valence-electron chi connectivity index (χ4n) is 16.0. The monoisotopic (exact) mass is 1950 g/mol. The standard InChI is InChI=1S/C37H54O7.C26H42O7.C23H36O7.2C3H8.12C2H6/c1-9-22(3)33-25(6)16-17-37(44-33)20-29-19-28(43-37)15-14-24(5)32(40-10-2)23(4)12-11-13-27-21-41-35-31(27)30(36(38)42-29)18-26(7)34(35)39-8;1-7-24-21(16-31-6)13-17(3)9-10-22(28)18(4)14-20(11-12-27)26(32-8-2)19(5)23(29)15-25(30)33-24;1-5-13-29-22-18(11-12-24)14-16(2)19(25)10-8-6-7-9-17(3)30-21(27)15-20(26)23(22)28-4;2*1-3-2;12*1-2/h11-14,16-18,22-23,25,28-35H,9-10,15,19-21H2,1-8H3;9-10,12-13,18-21,23-24,26,29H,7-8,11,14-16H2,1-6H3;6-8,10,12,16-18,20,22-23,26H,5,9,11,13-15H2,1-4H3;2*3H2,1-2H3;12*1-2H3/b12-11+,24-14+,27-13+;10-9+,17-13+;7-6+,10-8+;;;;;;;;;;;;;;/t22?,23-,25-,28+,29-,30+,31?,32-,33+,34+,35-,37+;18-,19+,20+,21?,23-,24+,26-;16-,17-,18+,20-,22+,23+;;;;;;;;;;;;;;/m011............../s1. The molecule has 7 rings (SSSR count). The van der Waals surface area contributed by atoms with Gasteiger partial charge >= 0.3 is 17.9 Å². The molecule has 2 N–H and O–H groups in total. The van der Waals surface area contributed by atoms with E-state index in [0.717, 1.165) is 42.1 Å². The van der Waals surface area contributed by atoms with Gasteiger partial charge in [0, 0.05) is 115 Å². The van der Waals surface area contributed by atoms with Gasteiger partial charge < -0.3 is 76.6 Å². The number of carbonyl (C=O) groups is 7. The molecule has 1 spiro atoms. The van der Waals surface area contributed by atoms with Gasteiger partial charge in [0.1, 0.15) is 43.1 Å². The first-order valence-electron chi connectivity index (χ1n) is 54.3. The molecule has 137 heavy (non-hydrogen) atoms. The number of ketones is 2. The number of cyclic esters (lactones) is 2. The number of esters is 3. The number of hydrogen-bond donors (Lipinski definition) is 2. The van der Waals surface area contributed by atoms with Crippen molar-refractivity contribution in [2.45, 2.75) is 479 Å². The van der Waals surface area contributed by atoms with E-state index in [4.69, 9.17) is 56.8 Å². The number of hydrogen-bond acceptors (Lipinski definition) is 21. The molecule has 2 saturated heterocycles. The van der Waals surface area contributed by atoms with E-state index < -0.39 is 66.2 Å². The highest BCUT2D eigenvalue weighted by Gasteiger charge is 2.52. The lowest BCUT2D eigenvalue weighted by atomic mass is 9.74. The van der Waals surface area contributed by atoms with Crippen molar-refractivity contribution >= 4 is 42.0 Å². The summed E-state index contributed by atoms with van der Waals surface area (Å²) in [5.41, 5.74) is 4.13. The van der Waals surface area contributed by atoms with Crippen molar-refractivity contribution < 1.29 is 101 Å². The molecule has 0 aromatic carbocycles. The number of aliphatic hydroxyl groups excluding tert-OH is 2. The Balaban J connectivity index is -0.000000196. The minimum atomic E-state index is -1.17. The molecule has 25 atom stereocenters. The maximum atomic E-state index is 14.1. The molecule has 21 heteroatoms. The molecule has 0 aromatic heterocycles. The van der Waals surface area contributed by atoms with Crippen LogP contribution >= 0.6 is 0 Å². The van der Waals surface area contributed by atoms with Crippen molar-refractivity contribution in [1.82, 2.24) is 0 Å². The van der Waals surface area contributed by atoms with E-state index in [1.54, 1.807) is 45.4 Å². The molecule has 0 aromatic rings. The third-order valence-electron chi connectivity index (χ3n) is 22.0. The maximum absolute atomic E-state index is 14.1. The molecule has 2 fully saturated rings. The van der Waals surface area contributed by atoms with E-state index >= 15 is 0 Å². The third kappa shape index (κ3) is 61.1. The van der Waals surface area contributed by atoms with Gasteiger partial charge in [-0.25, -0.2) is 0 Å². The van der Waals surface area contributed by atoms with Gasteiger partial charge in [-0.2, -0.15) is 0 Å². The van der Waals surface area contributed by atoms with Crippen LogP contribution in [0.25, 0.3) is 0 Å². The summed E-state index contributed by atoms with van der Waals surface area (Å²) in [6.45, 7) is 88.6. The lowest BCUT2D eigenvalue weighted by Crippen LogP contribution is -2.53. The third-order valence-corrected chi connectivity index (χ3v) is 22.0. The van der Waals surface area contributed by atoms with Gasteiger partial charge in [0.2, 0.25) is 0 Å². The predicted octanol–water partition coefficient (Wildman–Crippen LogP) is 28.5. The highest BCUT2D eigenvalue weighted by atomic mass is 16.7. The first-order chi connectivity index (χ1) is 65.9. The number of carbonyl (C=O) groups excluding carboxylic acids is 7. The van der Waals surface area contributed by atoms with Crippen LogP contribution in [0.3, 0.4) is 0 Å². The van der Waals surface area contributed by atoms with Crippen LogP contribution in [0.1, 0.15) is 394 Å². The van der Waals surface area contributed by atoms with E-state index in [1.807, 2.05) is 247 Å². The fraction of sp³-hybridized carbons (Fsp3) is 0.784. The SMILES string of the molecule is CC.CC.CC.CC.CC.CC.CC.CC.CC.CC.CC.CC.CCC.CCC.CCCO[C@H]1[C@@H](CC=O)C[C@@H](C)C(=O)/C=C/C=C/C[C@@H](C)OC(=O)C[C@@H](O)[C@@H]1OC.CCO[C@@H]1/C(C)=C/C[C@@H]2C[C@@H](C[C@]3(C=C[C@H](C)[C@@H](C(C)CC)O3)O2)OC(=O)[C@@H]2C=C(C)[C@@H](OC)[C@H]3OC/C(=C\C=C\[C@@H]1C)C23.CCO[C@H]1[C@@H](CC=O)C[C@@H](C)C(=O)/C=C/C(C)=C/C(COC)[C@H](CC)OC(=O)C[C@@H](O)[C@@H]1C. The molecule has 21 nitrogen and oxygen atoms in total. The van der Waals surface area contributed by atoms with Gasteiger partial charge in [-0.15, -0.1) is 0 Å². The minimum Gasteiger partial charge on any atom is -0.462 e. The van der Waals surface area contributed by atoms with Gasteiger partial charge in [-0.05, 0) is 126 Å². The quantitative estimate of drug-likeness (QED) is 0.0558. The molecule has 810 valence electrons. The Kier molecular flexibility index (Phi) is 111. The highest BCUT2D eigenvalue weighted by molar-refractivity contribution is 5.92. The van der Waals surface area contributed by atoms with E-state index in [0.29, 0.717) is 83.9 Å². The van der Waals surface area contributed by atoms with Crippen LogP contribution in [0.5, 0.6) is 0 Å². The van der Waals surface area contributed by atoms with Crippen molar-refractivity contribution in [3.63, 3.8) is 0 Å². The van der Waals surface area contributed by atoms with Crippen molar-refractivity contribution in [3.05, 3.63) is 107 Å². The van der Waals surface area contributed by atoms with Crippen molar-refractivity contribution in [2.75, 3.05) is 54.4 Å². The topological polar surface area (TPSA) is 271 Å².